The number of aliphatic carboxylic acids is 1. The number of hydrogen-bond acceptors (Lipinski definition) is 3. The molecule has 1 heterocycles. The molecule has 0 spiro atoms. The molecule has 0 aliphatic heterocycles. The molecule has 1 aromatic heterocycles. The molecule has 0 radical (unpaired) electrons. The van der Waals surface area contributed by atoms with Gasteiger partial charge in [-0.3, -0.25) is 4.79 Å². The Labute approximate surface area is 108 Å². The van der Waals surface area contributed by atoms with Gasteiger partial charge in [0.15, 0.2) is 0 Å². The molecule has 0 bridgehead atoms. The summed E-state index contributed by atoms with van der Waals surface area (Å²) in [4.78, 5) is 14.4. The van der Waals surface area contributed by atoms with Gasteiger partial charge in [-0.2, -0.15) is 13.2 Å². The smallest absolute Gasteiger partial charge is 0.416 e. The first-order chi connectivity index (χ1) is 8.82. The molecule has 0 aromatic carbocycles. The van der Waals surface area contributed by atoms with Crippen LogP contribution in [0.25, 0.3) is 0 Å². The van der Waals surface area contributed by atoms with Gasteiger partial charge < -0.3 is 10.4 Å². The van der Waals surface area contributed by atoms with E-state index in [4.69, 9.17) is 5.11 Å². The first-order valence-corrected chi connectivity index (χ1v) is 5.84. The predicted octanol–water partition coefficient (Wildman–Crippen LogP) is 3.16. The maximum atomic E-state index is 12.5. The van der Waals surface area contributed by atoms with Crippen LogP contribution in [-0.2, 0) is 11.0 Å². The van der Waals surface area contributed by atoms with E-state index in [1.165, 1.54) is 0 Å². The fraction of sp³-hybridized carbons (Fsp3) is 0.500. The van der Waals surface area contributed by atoms with E-state index in [1.807, 2.05) is 6.92 Å². The Morgan fingerprint density at radius 2 is 2.21 bits per heavy atom. The van der Waals surface area contributed by atoms with E-state index in [2.05, 4.69) is 10.3 Å². The standard InChI is InChI=1S/C12H15F3N2O2/c1-2-3-9(7-11(18)19)17-10-6-8(4-5-16-10)12(13,14)15/h4-6,9H,2-3,7H2,1H3,(H,16,17)(H,18,19). The highest BCUT2D eigenvalue weighted by atomic mass is 19.4. The van der Waals surface area contributed by atoms with Crippen LogP contribution >= 0.6 is 0 Å². The van der Waals surface area contributed by atoms with Gasteiger partial charge in [0.2, 0.25) is 0 Å². The first kappa shape index (κ1) is 15.3. The third-order valence-electron chi connectivity index (χ3n) is 2.50. The fourth-order valence-corrected chi connectivity index (χ4v) is 1.68. The van der Waals surface area contributed by atoms with E-state index >= 15 is 0 Å². The Morgan fingerprint density at radius 3 is 2.74 bits per heavy atom. The number of anilines is 1. The van der Waals surface area contributed by atoms with Crippen LogP contribution in [0.15, 0.2) is 18.3 Å². The zero-order chi connectivity index (χ0) is 14.5. The molecule has 1 aromatic rings. The van der Waals surface area contributed by atoms with Gasteiger partial charge in [-0.25, -0.2) is 4.98 Å². The highest BCUT2D eigenvalue weighted by Crippen LogP contribution is 2.30. The van der Waals surface area contributed by atoms with E-state index < -0.39 is 23.8 Å². The second kappa shape index (κ2) is 6.40. The van der Waals surface area contributed by atoms with Crippen molar-refractivity contribution in [3.8, 4) is 0 Å². The molecule has 1 unspecified atom stereocenters. The van der Waals surface area contributed by atoms with Crippen molar-refractivity contribution >= 4 is 11.8 Å². The molecule has 106 valence electrons. The molecule has 0 amide bonds. The van der Waals surface area contributed by atoms with Crippen molar-refractivity contribution in [2.24, 2.45) is 0 Å². The summed E-state index contributed by atoms with van der Waals surface area (Å²) in [5.41, 5.74) is -0.810. The number of hydrogen-bond donors (Lipinski definition) is 2. The first-order valence-electron chi connectivity index (χ1n) is 5.84. The van der Waals surface area contributed by atoms with Crippen molar-refractivity contribution < 1.29 is 23.1 Å². The minimum absolute atomic E-state index is 0.0366. The number of alkyl halides is 3. The number of carboxylic acid groups (broad SMARTS) is 1. The number of carboxylic acids is 1. The molecule has 0 saturated heterocycles. The van der Waals surface area contributed by atoms with Gasteiger partial charge in [-0.05, 0) is 18.6 Å². The van der Waals surface area contributed by atoms with E-state index in [1.54, 1.807) is 0 Å². The van der Waals surface area contributed by atoms with Crippen LogP contribution in [0, 0.1) is 0 Å². The van der Waals surface area contributed by atoms with Crippen molar-refractivity contribution in [2.75, 3.05) is 5.32 Å². The molecule has 1 atom stereocenters. The van der Waals surface area contributed by atoms with Crippen molar-refractivity contribution in [2.45, 2.75) is 38.4 Å². The Morgan fingerprint density at radius 1 is 1.53 bits per heavy atom. The van der Waals surface area contributed by atoms with Gasteiger partial charge in [0, 0.05) is 12.2 Å². The lowest BCUT2D eigenvalue weighted by Crippen LogP contribution is -2.23. The highest BCUT2D eigenvalue weighted by Gasteiger charge is 2.30. The van der Waals surface area contributed by atoms with Crippen molar-refractivity contribution in [3.63, 3.8) is 0 Å². The lowest BCUT2D eigenvalue weighted by atomic mass is 10.1. The van der Waals surface area contributed by atoms with E-state index in [9.17, 15) is 18.0 Å². The molecule has 0 fully saturated rings. The number of rotatable bonds is 6. The summed E-state index contributed by atoms with van der Waals surface area (Å²) >= 11 is 0. The zero-order valence-electron chi connectivity index (χ0n) is 10.4. The summed E-state index contributed by atoms with van der Waals surface area (Å²) in [6.45, 7) is 1.87. The third-order valence-corrected chi connectivity index (χ3v) is 2.50. The van der Waals surface area contributed by atoms with Crippen molar-refractivity contribution in [3.05, 3.63) is 23.9 Å². The summed E-state index contributed by atoms with van der Waals surface area (Å²) in [5.74, 6) is -0.965. The Balaban J connectivity index is 2.81. The van der Waals surface area contributed by atoms with Gasteiger partial charge in [0.05, 0.1) is 12.0 Å². The molecule has 19 heavy (non-hydrogen) atoms. The number of halogens is 3. The second-order valence-electron chi connectivity index (χ2n) is 4.16. The Bertz CT molecular complexity index is 435. The normalized spacial score (nSPS) is 13.1. The number of pyridine rings is 1. The SMILES string of the molecule is CCCC(CC(=O)O)Nc1cc(C(F)(F)F)ccn1. The summed E-state index contributed by atoms with van der Waals surface area (Å²) in [6.07, 6.45) is -2.28. The summed E-state index contributed by atoms with van der Waals surface area (Å²) in [7, 11) is 0. The minimum atomic E-state index is -4.44. The largest absolute Gasteiger partial charge is 0.481 e. The molecule has 0 aliphatic rings. The van der Waals surface area contributed by atoms with E-state index in [-0.39, 0.29) is 12.2 Å². The summed E-state index contributed by atoms with van der Waals surface area (Å²) in [5, 5.41) is 11.5. The molecule has 2 N–H and O–H groups in total. The van der Waals surface area contributed by atoms with Gasteiger partial charge in [-0.15, -0.1) is 0 Å². The number of carbonyl (C=O) groups is 1. The average Bonchev–Trinajstić information content (AvgIpc) is 2.27. The van der Waals surface area contributed by atoms with Gasteiger partial charge >= 0.3 is 12.1 Å². The van der Waals surface area contributed by atoms with Crippen LogP contribution in [0.5, 0.6) is 0 Å². The highest BCUT2D eigenvalue weighted by molar-refractivity contribution is 5.68. The monoisotopic (exact) mass is 276 g/mol. The third kappa shape index (κ3) is 5.15. The van der Waals surface area contributed by atoms with Gasteiger partial charge in [0.1, 0.15) is 5.82 Å². The topological polar surface area (TPSA) is 62.2 Å². The number of nitrogens with zero attached hydrogens (tertiary/aromatic N) is 1. The van der Waals surface area contributed by atoms with Crippen molar-refractivity contribution in [1.82, 2.24) is 4.98 Å². The quantitative estimate of drug-likeness (QED) is 0.837. The summed E-state index contributed by atoms with van der Waals surface area (Å²) in [6, 6.07) is 1.32. The average molecular weight is 276 g/mol. The lowest BCUT2D eigenvalue weighted by Gasteiger charge is -2.17. The molecular formula is C12H15F3N2O2. The number of nitrogens with one attached hydrogen (secondary N) is 1. The molecule has 0 aliphatic carbocycles. The van der Waals surface area contributed by atoms with Crippen molar-refractivity contribution in [1.29, 1.82) is 0 Å². The van der Waals surface area contributed by atoms with Crippen LogP contribution < -0.4 is 5.32 Å². The molecule has 0 saturated carbocycles. The lowest BCUT2D eigenvalue weighted by molar-refractivity contribution is -0.138. The number of aromatic nitrogens is 1. The molecule has 4 nitrogen and oxygen atoms in total. The Kier molecular flexibility index (Phi) is 5.14. The molecule has 1 rings (SSSR count). The fourth-order valence-electron chi connectivity index (χ4n) is 1.68. The maximum Gasteiger partial charge on any atom is 0.416 e. The molecule has 7 heteroatoms. The molecular weight excluding hydrogens is 261 g/mol. The maximum absolute atomic E-state index is 12.5. The zero-order valence-corrected chi connectivity index (χ0v) is 10.4. The van der Waals surface area contributed by atoms with E-state index in [0.717, 1.165) is 24.8 Å². The summed E-state index contributed by atoms with van der Waals surface area (Å²) < 4.78 is 37.5. The van der Waals surface area contributed by atoms with Crippen LogP contribution in [0.3, 0.4) is 0 Å². The van der Waals surface area contributed by atoms with Crippen LogP contribution in [0.1, 0.15) is 31.7 Å². The van der Waals surface area contributed by atoms with Gasteiger partial charge in [0.25, 0.3) is 0 Å². The second-order valence-corrected chi connectivity index (χ2v) is 4.16. The van der Waals surface area contributed by atoms with Crippen LogP contribution in [-0.4, -0.2) is 22.1 Å². The Hall–Kier alpha value is -1.79. The van der Waals surface area contributed by atoms with Crippen LogP contribution in [0.2, 0.25) is 0 Å². The predicted molar refractivity (Wildman–Crippen MR) is 63.8 cm³/mol. The van der Waals surface area contributed by atoms with E-state index in [0.29, 0.717) is 6.42 Å². The van der Waals surface area contributed by atoms with Crippen LogP contribution in [0.4, 0.5) is 19.0 Å². The minimum Gasteiger partial charge on any atom is -0.481 e. The van der Waals surface area contributed by atoms with Gasteiger partial charge in [-0.1, -0.05) is 13.3 Å².